The molecule has 0 fully saturated rings. The number of rotatable bonds is 8. The van der Waals surface area contributed by atoms with E-state index < -0.39 is 0 Å². The van der Waals surface area contributed by atoms with E-state index in [4.69, 9.17) is 0 Å². The number of nitrogens with one attached hydrogen (secondary N) is 2. The van der Waals surface area contributed by atoms with Crippen molar-refractivity contribution in [2.75, 3.05) is 18.8 Å². The number of halogens is 1. The van der Waals surface area contributed by atoms with Gasteiger partial charge in [0.05, 0.1) is 0 Å². The van der Waals surface area contributed by atoms with Gasteiger partial charge in [0.25, 0.3) is 5.91 Å². The van der Waals surface area contributed by atoms with Gasteiger partial charge in [-0.1, -0.05) is 34.1 Å². The van der Waals surface area contributed by atoms with E-state index in [0.29, 0.717) is 18.7 Å². The van der Waals surface area contributed by atoms with Gasteiger partial charge in [-0.25, -0.2) is 0 Å². The van der Waals surface area contributed by atoms with Gasteiger partial charge < -0.3 is 10.6 Å². The molecule has 2 rings (SSSR count). The van der Waals surface area contributed by atoms with Crippen molar-refractivity contribution in [1.82, 2.24) is 10.6 Å². The van der Waals surface area contributed by atoms with Crippen LogP contribution in [0.3, 0.4) is 0 Å². The van der Waals surface area contributed by atoms with Crippen molar-refractivity contribution < 1.29 is 9.59 Å². The zero-order valence-electron chi connectivity index (χ0n) is 13.1. The highest BCUT2D eigenvalue weighted by Gasteiger charge is 2.06. The Bertz CT molecular complexity index is 662. The Labute approximate surface area is 154 Å². The average Bonchev–Trinajstić information content (AvgIpc) is 2.60. The maximum Gasteiger partial charge on any atom is 0.251 e. The van der Waals surface area contributed by atoms with E-state index in [9.17, 15) is 9.59 Å². The smallest absolute Gasteiger partial charge is 0.251 e. The first-order chi connectivity index (χ1) is 11.6. The van der Waals surface area contributed by atoms with Gasteiger partial charge in [0.15, 0.2) is 0 Å². The van der Waals surface area contributed by atoms with E-state index in [1.807, 2.05) is 42.5 Å². The Morgan fingerprint density at radius 2 is 1.62 bits per heavy atom. The average molecular weight is 407 g/mol. The molecule has 2 aromatic carbocycles. The second kappa shape index (κ2) is 10.2. The summed E-state index contributed by atoms with van der Waals surface area (Å²) in [7, 11) is 0. The van der Waals surface area contributed by atoms with E-state index >= 15 is 0 Å². The van der Waals surface area contributed by atoms with Crippen molar-refractivity contribution in [1.29, 1.82) is 0 Å². The number of benzene rings is 2. The molecule has 0 aliphatic heterocycles. The predicted octanol–water partition coefficient (Wildman–Crippen LogP) is 3.48. The van der Waals surface area contributed by atoms with E-state index in [-0.39, 0.29) is 18.2 Å². The summed E-state index contributed by atoms with van der Waals surface area (Å²) in [5.74, 6) is 0.593. The molecule has 2 N–H and O–H groups in total. The Kier molecular flexibility index (Phi) is 7.85. The third-order valence-electron chi connectivity index (χ3n) is 3.18. The summed E-state index contributed by atoms with van der Waals surface area (Å²) in [5.41, 5.74) is 0.581. The summed E-state index contributed by atoms with van der Waals surface area (Å²) in [6, 6.07) is 17.2. The highest BCUT2D eigenvalue weighted by Crippen LogP contribution is 2.15. The minimum atomic E-state index is -0.171. The highest BCUT2D eigenvalue weighted by molar-refractivity contribution is 9.10. The third-order valence-corrected chi connectivity index (χ3v) is 4.72. The van der Waals surface area contributed by atoms with Crippen LogP contribution in [0.25, 0.3) is 0 Å². The van der Waals surface area contributed by atoms with E-state index in [1.165, 1.54) is 4.90 Å². The van der Waals surface area contributed by atoms with Gasteiger partial charge in [0.1, 0.15) is 0 Å². The molecule has 0 atom stereocenters. The molecule has 0 radical (unpaired) electrons. The standard InChI is InChI=1S/C18H19BrN2O2S/c19-15-8-6-14(7-9-15)18(23)21-11-10-17(22)20-12-13-24-16-4-2-1-3-5-16/h1-9H,10-13H2,(H,20,22)(H,21,23). The van der Waals surface area contributed by atoms with Crippen LogP contribution in [0.4, 0.5) is 0 Å². The maximum atomic E-state index is 11.9. The largest absolute Gasteiger partial charge is 0.355 e. The first-order valence-corrected chi connectivity index (χ1v) is 9.41. The summed E-state index contributed by atoms with van der Waals surface area (Å²) in [6.07, 6.45) is 0.276. The predicted molar refractivity (Wildman–Crippen MR) is 101 cm³/mol. The molecular weight excluding hydrogens is 388 g/mol. The van der Waals surface area contributed by atoms with Crippen LogP contribution in [0.15, 0.2) is 64.0 Å². The van der Waals surface area contributed by atoms with Gasteiger partial charge in [0.2, 0.25) is 5.91 Å². The lowest BCUT2D eigenvalue weighted by atomic mass is 10.2. The molecule has 4 nitrogen and oxygen atoms in total. The number of carbonyl (C=O) groups is 2. The third kappa shape index (κ3) is 6.76. The molecule has 2 aromatic rings. The monoisotopic (exact) mass is 406 g/mol. The molecule has 24 heavy (non-hydrogen) atoms. The number of amides is 2. The Balaban J connectivity index is 1.58. The Morgan fingerprint density at radius 3 is 2.33 bits per heavy atom. The van der Waals surface area contributed by atoms with Crippen LogP contribution in [-0.4, -0.2) is 30.7 Å². The zero-order chi connectivity index (χ0) is 17.2. The number of hydrogen-bond donors (Lipinski definition) is 2. The van der Waals surface area contributed by atoms with E-state index in [1.54, 1.807) is 23.9 Å². The molecule has 0 saturated carbocycles. The molecular formula is C18H19BrN2O2S. The first-order valence-electron chi connectivity index (χ1n) is 7.63. The van der Waals surface area contributed by atoms with E-state index in [0.717, 1.165) is 10.2 Å². The molecule has 0 spiro atoms. The Hall–Kier alpha value is -1.79. The lowest BCUT2D eigenvalue weighted by Gasteiger charge is -2.07. The molecule has 0 unspecified atom stereocenters. The quantitative estimate of drug-likeness (QED) is 0.521. The van der Waals surface area contributed by atoms with Crippen molar-refractivity contribution in [2.24, 2.45) is 0 Å². The van der Waals surface area contributed by atoms with Crippen LogP contribution in [-0.2, 0) is 4.79 Å². The molecule has 126 valence electrons. The van der Waals surface area contributed by atoms with Gasteiger partial charge in [-0.15, -0.1) is 11.8 Å². The fraction of sp³-hybridized carbons (Fsp3) is 0.222. The number of thioether (sulfide) groups is 1. The maximum absolute atomic E-state index is 11.9. The summed E-state index contributed by atoms with van der Waals surface area (Å²) in [6.45, 7) is 0.936. The molecule has 0 aliphatic carbocycles. The molecule has 0 aromatic heterocycles. The SMILES string of the molecule is O=C(CCNC(=O)c1ccc(Br)cc1)NCCSc1ccccc1. The van der Waals surface area contributed by atoms with Crippen molar-refractivity contribution in [2.45, 2.75) is 11.3 Å². The minimum Gasteiger partial charge on any atom is -0.355 e. The first kappa shape index (κ1) is 18.5. The number of hydrogen-bond acceptors (Lipinski definition) is 3. The highest BCUT2D eigenvalue weighted by atomic mass is 79.9. The van der Waals surface area contributed by atoms with Crippen LogP contribution in [0.5, 0.6) is 0 Å². The molecule has 0 aliphatic rings. The fourth-order valence-corrected chi connectivity index (χ4v) is 3.01. The molecule has 0 saturated heterocycles. The van der Waals surface area contributed by atoms with Gasteiger partial charge in [-0.05, 0) is 36.4 Å². The molecule has 6 heteroatoms. The van der Waals surface area contributed by atoms with Gasteiger partial charge in [0, 0.05) is 40.2 Å². The Morgan fingerprint density at radius 1 is 0.917 bits per heavy atom. The van der Waals surface area contributed by atoms with E-state index in [2.05, 4.69) is 26.6 Å². The summed E-state index contributed by atoms with van der Waals surface area (Å²) in [4.78, 5) is 24.8. The summed E-state index contributed by atoms with van der Waals surface area (Å²) < 4.78 is 0.923. The van der Waals surface area contributed by atoms with Crippen LogP contribution < -0.4 is 10.6 Å². The van der Waals surface area contributed by atoms with Gasteiger partial charge in [-0.2, -0.15) is 0 Å². The van der Waals surface area contributed by atoms with Crippen molar-refractivity contribution in [3.63, 3.8) is 0 Å². The molecule has 0 bridgehead atoms. The summed E-state index contributed by atoms with van der Waals surface area (Å²) in [5, 5.41) is 5.60. The second-order valence-corrected chi connectivity index (χ2v) is 7.11. The fourth-order valence-electron chi connectivity index (χ4n) is 1.96. The lowest BCUT2D eigenvalue weighted by Crippen LogP contribution is -2.31. The van der Waals surface area contributed by atoms with Crippen LogP contribution in [0, 0.1) is 0 Å². The van der Waals surface area contributed by atoms with Crippen molar-refractivity contribution in [3.8, 4) is 0 Å². The second-order valence-electron chi connectivity index (χ2n) is 5.02. The van der Waals surface area contributed by atoms with Crippen molar-refractivity contribution >= 4 is 39.5 Å². The summed E-state index contributed by atoms with van der Waals surface area (Å²) >= 11 is 5.03. The van der Waals surface area contributed by atoms with Gasteiger partial charge in [-0.3, -0.25) is 9.59 Å². The van der Waals surface area contributed by atoms with Crippen LogP contribution in [0.2, 0.25) is 0 Å². The van der Waals surface area contributed by atoms with Gasteiger partial charge >= 0.3 is 0 Å². The van der Waals surface area contributed by atoms with Crippen LogP contribution >= 0.6 is 27.7 Å². The minimum absolute atomic E-state index is 0.0558. The molecule has 0 heterocycles. The van der Waals surface area contributed by atoms with Crippen molar-refractivity contribution in [3.05, 3.63) is 64.6 Å². The lowest BCUT2D eigenvalue weighted by molar-refractivity contribution is -0.120. The van der Waals surface area contributed by atoms with Crippen LogP contribution in [0.1, 0.15) is 16.8 Å². The normalized spacial score (nSPS) is 10.2. The topological polar surface area (TPSA) is 58.2 Å². The number of carbonyl (C=O) groups excluding carboxylic acids is 2. The zero-order valence-corrected chi connectivity index (χ0v) is 15.5. The molecule has 2 amide bonds.